The Kier molecular flexibility index (Phi) is 8.58. The molecule has 2 amide bonds. The standard InChI is InChI=1S/C26H38N6O4/c1-4-36-16-13-27-24(33)22(23-28-19-30(2)29-23)31-14-5-11-26(17-31)12-6-15-32(18-26)25(34)20-7-9-21(35-3)10-8-20/h7-10,19,22H,4-6,11-18H2,1-3H3,(H,27,33). The van der Waals surface area contributed by atoms with E-state index in [1.165, 1.54) is 0 Å². The van der Waals surface area contributed by atoms with Crippen LogP contribution in [0.5, 0.6) is 5.75 Å². The maximum Gasteiger partial charge on any atom is 0.253 e. The van der Waals surface area contributed by atoms with Crippen LogP contribution in [0.25, 0.3) is 0 Å². The number of aryl methyl sites for hydroxylation is 1. The lowest BCUT2D eigenvalue weighted by atomic mass is 9.73. The summed E-state index contributed by atoms with van der Waals surface area (Å²) < 4.78 is 12.2. The molecule has 4 rings (SSSR count). The Hall–Kier alpha value is -2.98. The number of rotatable bonds is 9. The number of carbonyl (C=O) groups is 2. The zero-order chi connectivity index (χ0) is 25.5. The average Bonchev–Trinajstić information content (AvgIpc) is 3.32. The van der Waals surface area contributed by atoms with E-state index >= 15 is 0 Å². The van der Waals surface area contributed by atoms with Gasteiger partial charge in [0.25, 0.3) is 5.91 Å². The number of nitrogens with one attached hydrogen (secondary N) is 1. The normalized spacial score (nSPS) is 21.4. The Labute approximate surface area is 212 Å². The van der Waals surface area contributed by atoms with E-state index < -0.39 is 6.04 Å². The number of hydrogen-bond acceptors (Lipinski definition) is 7. The van der Waals surface area contributed by atoms with Gasteiger partial charge in [0.05, 0.1) is 13.7 Å². The van der Waals surface area contributed by atoms with Crippen LogP contribution in [0.4, 0.5) is 0 Å². The summed E-state index contributed by atoms with van der Waals surface area (Å²) in [7, 11) is 3.43. The summed E-state index contributed by atoms with van der Waals surface area (Å²) in [6.45, 7) is 6.40. The lowest BCUT2D eigenvalue weighted by Crippen LogP contribution is -2.55. The fourth-order valence-electron chi connectivity index (χ4n) is 5.51. The monoisotopic (exact) mass is 498 g/mol. The molecule has 196 valence electrons. The van der Waals surface area contributed by atoms with E-state index in [9.17, 15) is 9.59 Å². The van der Waals surface area contributed by atoms with Crippen LogP contribution in [0.15, 0.2) is 30.6 Å². The fourth-order valence-corrected chi connectivity index (χ4v) is 5.51. The first kappa shape index (κ1) is 26.1. The van der Waals surface area contributed by atoms with E-state index in [-0.39, 0.29) is 17.2 Å². The van der Waals surface area contributed by atoms with E-state index in [0.29, 0.717) is 37.7 Å². The van der Waals surface area contributed by atoms with Crippen molar-refractivity contribution in [3.63, 3.8) is 0 Å². The summed E-state index contributed by atoms with van der Waals surface area (Å²) in [6.07, 6.45) is 5.60. The summed E-state index contributed by atoms with van der Waals surface area (Å²) in [5.74, 6) is 1.18. The Balaban J connectivity index is 1.49. The minimum atomic E-state index is -0.572. The predicted octanol–water partition coefficient (Wildman–Crippen LogP) is 2.04. The van der Waals surface area contributed by atoms with Crippen LogP contribution in [0.3, 0.4) is 0 Å². The third-order valence-electron chi connectivity index (χ3n) is 7.20. The number of benzene rings is 1. The van der Waals surface area contributed by atoms with Crippen LogP contribution in [0.1, 0.15) is 54.8 Å². The molecule has 10 heteroatoms. The van der Waals surface area contributed by atoms with Crippen LogP contribution < -0.4 is 10.1 Å². The largest absolute Gasteiger partial charge is 0.497 e. The number of aromatic nitrogens is 3. The molecule has 0 saturated carbocycles. The van der Waals surface area contributed by atoms with Gasteiger partial charge in [-0.2, -0.15) is 5.10 Å². The van der Waals surface area contributed by atoms with E-state index in [1.807, 2.05) is 43.1 Å². The molecule has 10 nitrogen and oxygen atoms in total. The lowest BCUT2D eigenvalue weighted by molar-refractivity contribution is -0.129. The van der Waals surface area contributed by atoms with Crippen molar-refractivity contribution in [2.24, 2.45) is 12.5 Å². The van der Waals surface area contributed by atoms with Gasteiger partial charge in [-0.15, -0.1) is 0 Å². The highest BCUT2D eigenvalue weighted by atomic mass is 16.5. The minimum Gasteiger partial charge on any atom is -0.497 e. The summed E-state index contributed by atoms with van der Waals surface area (Å²) in [5.41, 5.74) is 0.613. The molecule has 1 N–H and O–H groups in total. The molecule has 3 heterocycles. The minimum absolute atomic E-state index is 0.0467. The van der Waals surface area contributed by atoms with Gasteiger partial charge in [0.15, 0.2) is 11.9 Å². The average molecular weight is 499 g/mol. The Morgan fingerprint density at radius 1 is 1.14 bits per heavy atom. The van der Waals surface area contributed by atoms with Gasteiger partial charge in [0, 0.05) is 50.8 Å². The molecule has 0 bridgehead atoms. The number of amides is 2. The summed E-state index contributed by atoms with van der Waals surface area (Å²) in [5, 5.41) is 7.48. The molecule has 1 aromatic heterocycles. The van der Waals surface area contributed by atoms with Crippen LogP contribution in [0.2, 0.25) is 0 Å². The van der Waals surface area contributed by atoms with Gasteiger partial charge in [0.2, 0.25) is 5.91 Å². The molecule has 2 atom stereocenters. The zero-order valence-corrected chi connectivity index (χ0v) is 21.6. The predicted molar refractivity (Wildman–Crippen MR) is 135 cm³/mol. The van der Waals surface area contributed by atoms with Gasteiger partial charge in [-0.3, -0.25) is 19.2 Å². The SMILES string of the molecule is CCOCCNC(=O)C(c1ncn(C)n1)N1CCCC2(CCCN(C(=O)c3ccc(OC)cc3)C2)C1. The van der Waals surface area contributed by atoms with Crippen molar-refractivity contribution in [2.45, 2.75) is 38.6 Å². The van der Waals surface area contributed by atoms with Crippen LogP contribution >= 0.6 is 0 Å². The lowest BCUT2D eigenvalue weighted by Gasteiger charge is -2.49. The summed E-state index contributed by atoms with van der Waals surface area (Å²) in [4.78, 5) is 35.3. The maximum atomic E-state index is 13.3. The molecule has 2 saturated heterocycles. The van der Waals surface area contributed by atoms with Gasteiger partial charge < -0.3 is 19.7 Å². The van der Waals surface area contributed by atoms with Crippen LogP contribution in [0, 0.1) is 5.41 Å². The Bertz CT molecular complexity index is 1020. The van der Waals surface area contributed by atoms with Crippen LogP contribution in [-0.4, -0.2) is 89.4 Å². The second kappa shape index (κ2) is 11.8. The molecule has 2 aromatic rings. The number of likely N-dealkylation sites (tertiary alicyclic amines) is 2. The van der Waals surface area contributed by atoms with Gasteiger partial charge in [-0.05, 0) is 63.4 Å². The van der Waals surface area contributed by atoms with Crippen molar-refractivity contribution in [1.29, 1.82) is 0 Å². The van der Waals surface area contributed by atoms with E-state index in [1.54, 1.807) is 18.1 Å². The van der Waals surface area contributed by atoms with Crippen molar-refractivity contribution in [1.82, 2.24) is 29.9 Å². The highest BCUT2D eigenvalue weighted by Gasteiger charge is 2.44. The summed E-state index contributed by atoms with van der Waals surface area (Å²) >= 11 is 0. The number of nitrogens with zero attached hydrogens (tertiary/aromatic N) is 5. The number of hydrogen-bond donors (Lipinski definition) is 1. The highest BCUT2D eigenvalue weighted by molar-refractivity contribution is 5.94. The van der Waals surface area contributed by atoms with Crippen molar-refractivity contribution in [2.75, 3.05) is 53.0 Å². The first-order chi connectivity index (χ1) is 17.4. The van der Waals surface area contributed by atoms with Crippen LogP contribution in [-0.2, 0) is 16.6 Å². The fraction of sp³-hybridized carbons (Fsp3) is 0.615. The Morgan fingerprint density at radius 2 is 1.89 bits per heavy atom. The second-order valence-corrected chi connectivity index (χ2v) is 9.80. The number of piperidine rings is 2. The Morgan fingerprint density at radius 3 is 2.56 bits per heavy atom. The van der Waals surface area contributed by atoms with E-state index in [0.717, 1.165) is 51.1 Å². The number of methoxy groups -OCH3 is 1. The first-order valence-corrected chi connectivity index (χ1v) is 12.8. The van der Waals surface area contributed by atoms with E-state index in [2.05, 4.69) is 20.3 Å². The third kappa shape index (κ3) is 6.04. The third-order valence-corrected chi connectivity index (χ3v) is 7.20. The van der Waals surface area contributed by atoms with Gasteiger partial charge in [0.1, 0.15) is 12.1 Å². The van der Waals surface area contributed by atoms with Crippen molar-refractivity contribution < 1.29 is 19.1 Å². The number of ether oxygens (including phenoxy) is 2. The second-order valence-electron chi connectivity index (χ2n) is 9.80. The number of carbonyl (C=O) groups excluding carboxylic acids is 2. The molecule has 0 aliphatic carbocycles. The smallest absolute Gasteiger partial charge is 0.253 e. The van der Waals surface area contributed by atoms with Gasteiger partial charge in [-0.25, -0.2) is 4.98 Å². The zero-order valence-electron chi connectivity index (χ0n) is 21.6. The highest BCUT2D eigenvalue weighted by Crippen LogP contribution is 2.41. The maximum absolute atomic E-state index is 13.3. The van der Waals surface area contributed by atoms with Crippen molar-refractivity contribution in [3.05, 3.63) is 42.0 Å². The molecule has 36 heavy (non-hydrogen) atoms. The van der Waals surface area contributed by atoms with Gasteiger partial charge in [-0.1, -0.05) is 0 Å². The molecule has 1 spiro atoms. The van der Waals surface area contributed by atoms with Crippen molar-refractivity contribution >= 4 is 11.8 Å². The summed E-state index contributed by atoms with van der Waals surface area (Å²) in [6, 6.07) is 6.72. The van der Waals surface area contributed by atoms with E-state index in [4.69, 9.17) is 9.47 Å². The molecular formula is C26H38N6O4. The molecule has 1 aromatic carbocycles. The van der Waals surface area contributed by atoms with Crippen molar-refractivity contribution in [3.8, 4) is 5.75 Å². The van der Waals surface area contributed by atoms with Gasteiger partial charge >= 0.3 is 0 Å². The molecule has 2 aliphatic rings. The molecule has 2 aliphatic heterocycles. The first-order valence-electron chi connectivity index (χ1n) is 12.8. The topological polar surface area (TPSA) is 102 Å². The quantitative estimate of drug-likeness (QED) is 0.528. The molecule has 0 radical (unpaired) electrons. The molecule has 2 unspecified atom stereocenters. The molecule has 2 fully saturated rings. The molecular weight excluding hydrogens is 460 g/mol.